The van der Waals surface area contributed by atoms with Crippen LogP contribution in [-0.2, 0) is 9.05 Å². The van der Waals surface area contributed by atoms with E-state index in [-0.39, 0.29) is 11.0 Å². The van der Waals surface area contributed by atoms with Gasteiger partial charge in [-0.25, -0.2) is 13.4 Å². The van der Waals surface area contributed by atoms with Crippen molar-refractivity contribution in [2.24, 2.45) is 0 Å². The van der Waals surface area contributed by atoms with Crippen molar-refractivity contribution < 1.29 is 13.2 Å². The van der Waals surface area contributed by atoms with E-state index in [2.05, 4.69) is 4.98 Å². The molecule has 1 unspecified atom stereocenters. The molecule has 0 spiro atoms. The largest absolute Gasteiger partial charge is 0.475 e. The zero-order chi connectivity index (χ0) is 11.5. The first kappa shape index (κ1) is 12.3. The van der Waals surface area contributed by atoms with Gasteiger partial charge in [0.15, 0.2) is 0 Å². The molecule has 0 aromatic carbocycles. The maximum absolute atomic E-state index is 10.9. The molecule has 0 aliphatic carbocycles. The van der Waals surface area contributed by atoms with Crippen molar-refractivity contribution >= 4 is 19.7 Å². The average Bonchev–Trinajstić information content (AvgIpc) is 2.17. The summed E-state index contributed by atoms with van der Waals surface area (Å²) in [5.74, 6) is 0.397. The Balaban J connectivity index is 2.82. The van der Waals surface area contributed by atoms with Gasteiger partial charge in [-0.2, -0.15) is 0 Å². The minimum atomic E-state index is -3.70. The molecule has 0 N–H and O–H groups in total. The van der Waals surface area contributed by atoms with E-state index in [0.29, 0.717) is 5.88 Å². The van der Waals surface area contributed by atoms with Gasteiger partial charge in [0.2, 0.25) is 5.88 Å². The molecule has 0 bridgehead atoms. The zero-order valence-corrected chi connectivity index (χ0v) is 10.0. The van der Waals surface area contributed by atoms with Crippen LogP contribution in [0.2, 0.25) is 0 Å². The lowest BCUT2D eigenvalue weighted by Gasteiger charge is -2.10. The van der Waals surface area contributed by atoms with Crippen molar-refractivity contribution in [2.75, 3.05) is 0 Å². The molecule has 0 saturated carbocycles. The van der Waals surface area contributed by atoms with Gasteiger partial charge in [-0.15, -0.1) is 0 Å². The number of rotatable bonds is 4. The molecule has 0 aliphatic heterocycles. The quantitative estimate of drug-likeness (QED) is 0.768. The van der Waals surface area contributed by atoms with Crippen LogP contribution in [0.3, 0.4) is 0 Å². The fourth-order valence-corrected chi connectivity index (χ4v) is 1.55. The maximum atomic E-state index is 10.9. The summed E-state index contributed by atoms with van der Waals surface area (Å²) in [6.45, 7) is 3.90. The van der Waals surface area contributed by atoms with Gasteiger partial charge < -0.3 is 4.74 Å². The Morgan fingerprint density at radius 1 is 1.53 bits per heavy atom. The number of nitrogens with zero attached hydrogens (tertiary/aromatic N) is 1. The smallest absolute Gasteiger partial charge is 0.262 e. The van der Waals surface area contributed by atoms with Crippen LogP contribution in [0, 0.1) is 0 Å². The third-order valence-corrected chi connectivity index (χ3v) is 3.23. The minimum Gasteiger partial charge on any atom is -0.475 e. The van der Waals surface area contributed by atoms with Gasteiger partial charge in [-0.1, -0.05) is 6.92 Å². The summed E-state index contributed by atoms with van der Waals surface area (Å²) >= 11 is 0. The third-order valence-electron chi connectivity index (χ3n) is 1.89. The minimum absolute atomic E-state index is 0.0272. The summed E-state index contributed by atoms with van der Waals surface area (Å²) in [7, 11) is 1.44. The van der Waals surface area contributed by atoms with Crippen LogP contribution in [0.5, 0.6) is 5.88 Å². The SMILES string of the molecule is CCC(C)Oc1ccc(S(=O)(=O)Cl)cn1. The van der Waals surface area contributed by atoms with Gasteiger partial charge in [0.25, 0.3) is 9.05 Å². The van der Waals surface area contributed by atoms with Crippen molar-refractivity contribution in [2.45, 2.75) is 31.3 Å². The number of hydrogen-bond acceptors (Lipinski definition) is 4. The van der Waals surface area contributed by atoms with E-state index in [1.165, 1.54) is 18.3 Å². The second-order valence-electron chi connectivity index (χ2n) is 3.11. The summed E-state index contributed by atoms with van der Waals surface area (Å²) in [6.07, 6.45) is 2.09. The first-order valence-electron chi connectivity index (χ1n) is 4.51. The first-order chi connectivity index (χ1) is 6.93. The summed E-state index contributed by atoms with van der Waals surface area (Å²) in [5, 5.41) is 0. The van der Waals surface area contributed by atoms with Gasteiger partial charge in [0.05, 0.1) is 12.3 Å². The fraction of sp³-hybridized carbons (Fsp3) is 0.444. The Hall–Kier alpha value is -0.810. The Kier molecular flexibility index (Phi) is 3.93. The second kappa shape index (κ2) is 4.81. The highest BCUT2D eigenvalue weighted by molar-refractivity contribution is 8.13. The van der Waals surface area contributed by atoms with Crippen molar-refractivity contribution in [3.05, 3.63) is 18.3 Å². The summed E-state index contributed by atoms with van der Waals surface area (Å²) in [5.41, 5.74) is 0. The third kappa shape index (κ3) is 3.68. The number of hydrogen-bond donors (Lipinski definition) is 0. The van der Waals surface area contributed by atoms with Crippen LogP contribution in [0.15, 0.2) is 23.2 Å². The molecule has 15 heavy (non-hydrogen) atoms. The lowest BCUT2D eigenvalue weighted by Crippen LogP contribution is -2.10. The van der Waals surface area contributed by atoms with E-state index in [4.69, 9.17) is 15.4 Å². The molecule has 0 amide bonds. The van der Waals surface area contributed by atoms with Crippen molar-refractivity contribution in [1.29, 1.82) is 0 Å². The van der Waals surface area contributed by atoms with E-state index in [0.717, 1.165) is 6.42 Å². The zero-order valence-electron chi connectivity index (χ0n) is 8.47. The highest BCUT2D eigenvalue weighted by Gasteiger charge is 2.10. The monoisotopic (exact) mass is 249 g/mol. The summed E-state index contributed by atoms with van der Waals surface area (Å²) in [4.78, 5) is 3.82. The standard InChI is InChI=1S/C9H12ClNO3S/c1-3-7(2)14-9-5-4-8(6-11-9)15(10,12)13/h4-7H,3H2,1-2H3. The fourth-order valence-electron chi connectivity index (χ4n) is 0.870. The van der Waals surface area contributed by atoms with Crippen molar-refractivity contribution in [3.8, 4) is 5.88 Å². The van der Waals surface area contributed by atoms with Crippen LogP contribution in [0.25, 0.3) is 0 Å². The molecular formula is C9H12ClNO3S. The Bertz CT molecular complexity index is 415. The van der Waals surface area contributed by atoms with Crippen molar-refractivity contribution in [1.82, 2.24) is 4.98 Å². The van der Waals surface area contributed by atoms with Gasteiger partial charge in [-0.05, 0) is 19.4 Å². The molecule has 1 aromatic heterocycles. The lowest BCUT2D eigenvalue weighted by molar-refractivity contribution is 0.208. The maximum Gasteiger partial charge on any atom is 0.262 e. The molecular weight excluding hydrogens is 238 g/mol. The van der Waals surface area contributed by atoms with Gasteiger partial charge in [-0.3, -0.25) is 0 Å². The number of ether oxygens (including phenoxy) is 1. The van der Waals surface area contributed by atoms with Crippen LogP contribution >= 0.6 is 10.7 Å². The van der Waals surface area contributed by atoms with E-state index < -0.39 is 9.05 Å². The number of aromatic nitrogens is 1. The normalized spacial score (nSPS) is 13.5. The topological polar surface area (TPSA) is 56.3 Å². The molecule has 0 aliphatic rings. The van der Waals surface area contributed by atoms with Gasteiger partial charge >= 0.3 is 0 Å². The van der Waals surface area contributed by atoms with E-state index >= 15 is 0 Å². The van der Waals surface area contributed by atoms with Gasteiger partial charge in [0.1, 0.15) is 4.90 Å². The molecule has 0 radical (unpaired) electrons. The Labute approximate surface area is 93.7 Å². The molecule has 1 aromatic rings. The van der Waals surface area contributed by atoms with Gasteiger partial charge in [0, 0.05) is 16.7 Å². The summed E-state index contributed by atoms with van der Waals surface area (Å²) in [6, 6.07) is 2.86. The molecule has 1 rings (SSSR count). The highest BCUT2D eigenvalue weighted by atomic mass is 35.7. The van der Waals surface area contributed by atoms with E-state index in [1.54, 1.807) is 0 Å². The van der Waals surface area contributed by atoms with Crippen LogP contribution in [0.1, 0.15) is 20.3 Å². The summed E-state index contributed by atoms with van der Waals surface area (Å²) < 4.78 is 27.2. The highest BCUT2D eigenvalue weighted by Crippen LogP contribution is 2.17. The molecule has 84 valence electrons. The number of pyridine rings is 1. The molecule has 1 heterocycles. The predicted molar refractivity (Wildman–Crippen MR) is 57.7 cm³/mol. The molecule has 0 fully saturated rings. The Morgan fingerprint density at radius 3 is 2.60 bits per heavy atom. The average molecular weight is 250 g/mol. The second-order valence-corrected chi connectivity index (χ2v) is 5.67. The number of halogens is 1. The first-order valence-corrected chi connectivity index (χ1v) is 6.81. The molecule has 1 atom stereocenters. The molecule has 6 heteroatoms. The van der Waals surface area contributed by atoms with Crippen LogP contribution < -0.4 is 4.74 Å². The van der Waals surface area contributed by atoms with E-state index in [1.807, 2.05) is 13.8 Å². The van der Waals surface area contributed by atoms with E-state index in [9.17, 15) is 8.42 Å². The predicted octanol–water partition coefficient (Wildman–Crippen LogP) is 2.19. The Morgan fingerprint density at radius 2 is 2.20 bits per heavy atom. The van der Waals surface area contributed by atoms with Crippen LogP contribution in [-0.4, -0.2) is 19.5 Å². The van der Waals surface area contributed by atoms with Crippen molar-refractivity contribution in [3.63, 3.8) is 0 Å². The lowest BCUT2D eigenvalue weighted by atomic mass is 10.3. The molecule has 0 saturated heterocycles. The molecule has 4 nitrogen and oxygen atoms in total. The van der Waals surface area contributed by atoms with Crippen LogP contribution in [0.4, 0.5) is 0 Å².